The topological polar surface area (TPSA) is 49.6 Å². The number of nitrogens with zero attached hydrogens (tertiary/aromatic N) is 2. The average molecular weight is 279 g/mol. The van der Waals surface area contributed by atoms with Gasteiger partial charge in [0.25, 0.3) is 0 Å². The fourth-order valence-corrected chi connectivity index (χ4v) is 1.89. The Morgan fingerprint density at radius 1 is 1.32 bits per heavy atom. The maximum absolute atomic E-state index is 12.1. The summed E-state index contributed by atoms with van der Waals surface area (Å²) in [4.78, 5) is 16.1. The van der Waals surface area contributed by atoms with Crippen LogP contribution in [0.2, 0.25) is 0 Å². The van der Waals surface area contributed by atoms with Crippen molar-refractivity contribution in [3.05, 3.63) is 29.8 Å². The van der Waals surface area contributed by atoms with Gasteiger partial charge in [-0.3, -0.25) is 4.79 Å². The fraction of sp³-hybridized carbons (Fsp3) is 0.429. The molecule has 0 radical (unpaired) electrons. The van der Waals surface area contributed by atoms with E-state index in [4.69, 9.17) is 18.0 Å². The number of nitrogens with two attached hydrogens (primary N) is 1. The molecule has 0 aliphatic rings. The van der Waals surface area contributed by atoms with E-state index in [1.807, 2.05) is 43.1 Å². The lowest BCUT2D eigenvalue weighted by Gasteiger charge is -2.24. The van der Waals surface area contributed by atoms with E-state index >= 15 is 0 Å². The zero-order valence-corrected chi connectivity index (χ0v) is 12.5. The molecule has 0 aliphatic carbocycles. The third-order valence-electron chi connectivity index (χ3n) is 3.02. The van der Waals surface area contributed by atoms with Gasteiger partial charge in [-0.05, 0) is 18.6 Å². The highest BCUT2D eigenvalue weighted by atomic mass is 32.1. The third-order valence-corrected chi connectivity index (χ3v) is 3.22. The van der Waals surface area contributed by atoms with Crippen molar-refractivity contribution in [2.24, 2.45) is 5.73 Å². The molecule has 5 heteroatoms. The Labute approximate surface area is 120 Å². The lowest BCUT2D eigenvalue weighted by atomic mass is 10.2. The van der Waals surface area contributed by atoms with E-state index in [0.717, 1.165) is 11.3 Å². The van der Waals surface area contributed by atoms with Crippen molar-refractivity contribution in [1.29, 1.82) is 0 Å². The predicted molar refractivity (Wildman–Crippen MR) is 83.5 cm³/mol. The number of likely N-dealkylation sites (N-methyl/N-ethyl adjacent to an activating group) is 2. The van der Waals surface area contributed by atoms with E-state index in [9.17, 15) is 4.79 Å². The number of thiocarbonyl (C=S) groups is 1. The summed E-state index contributed by atoms with van der Waals surface area (Å²) in [5, 5.41) is 0. The Morgan fingerprint density at radius 2 is 1.95 bits per heavy atom. The molecule has 0 heterocycles. The summed E-state index contributed by atoms with van der Waals surface area (Å²) in [5.74, 6) is 0.0574. The second-order valence-electron chi connectivity index (χ2n) is 4.67. The average Bonchev–Trinajstić information content (AvgIpc) is 2.36. The summed E-state index contributed by atoms with van der Waals surface area (Å²) in [5.41, 5.74) is 7.66. The number of carbonyl (C=O) groups excluding carboxylic acids is 1. The first-order valence-corrected chi connectivity index (χ1v) is 6.61. The third kappa shape index (κ3) is 4.87. The van der Waals surface area contributed by atoms with E-state index in [1.54, 1.807) is 11.9 Å². The summed E-state index contributed by atoms with van der Waals surface area (Å²) in [7, 11) is 3.69. The number of hydrogen-bond acceptors (Lipinski definition) is 3. The molecule has 1 rings (SSSR count). The number of benzene rings is 1. The van der Waals surface area contributed by atoms with Gasteiger partial charge in [0.1, 0.15) is 0 Å². The Hall–Kier alpha value is -1.62. The van der Waals surface area contributed by atoms with Crippen LogP contribution in [0.1, 0.15) is 12.0 Å². The molecule has 4 nitrogen and oxygen atoms in total. The molecule has 0 saturated carbocycles. The van der Waals surface area contributed by atoms with Gasteiger partial charge in [-0.15, -0.1) is 0 Å². The molecule has 0 aromatic heterocycles. The number of anilines is 1. The van der Waals surface area contributed by atoms with Crippen LogP contribution < -0.4 is 10.6 Å². The molecule has 0 saturated heterocycles. The standard InChI is InChI=1S/C14H21N3OS/c1-11-6-4-5-7-12(11)17(3)10-14(18)16(2)9-8-13(15)19/h4-7H,8-10H2,1-3H3,(H2,15,19). The Bertz CT molecular complexity index is 462. The summed E-state index contributed by atoms with van der Waals surface area (Å²) in [6.45, 7) is 2.95. The minimum atomic E-state index is 0.0574. The van der Waals surface area contributed by atoms with Crippen molar-refractivity contribution in [3.8, 4) is 0 Å². The molecule has 19 heavy (non-hydrogen) atoms. The van der Waals surface area contributed by atoms with E-state index < -0.39 is 0 Å². The molecule has 1 aromatic rings. The van der Waals surface area contributed by atoms with Crippen molar-refractivity contribution >= 4 is 28.8 Å². The molecule has 1 amide bonds. The van der Waals surface area contributed by atoms with E-state index in [-0.39, 0.29) is 5.91 Å². The highest BCUT2D eigenvalue weighted by molar-refractivity contribution is 7.80. The van der Waals surface area contributed by atoms with Gasteiger partial charge in [0.05, 0.1) is 11.5 Å². The summed E-state index contributed by atoms with van der Waals surface area (Å²) in [6.07, 6.45) is 0.561. The van der Waals surface area contributed by atoms with Gasteiger partial charge in [0, 0.05) is 32.7 Å². The molecular weight excluding hydrogens is 258 g/mol. The van der Waals surface area contributed by atoms with E-state index in [2.05, 4.69) is 0 Å². The minimum absolute atomic E-state index is 0.0574. The van der Waals surface area contributed by atoms with Crippen LogP contribution in [-0.2, 0) is 4.79 Å². The van der Waals surface area contributed by atoms with Crippen molar-refractivity contribution in [1.82, 2.24) is 4.90 Å². The van der Waals surface area contributed by atoms with Crippen LogP contribution in [0.15, 0.2) is 24.3 Å². The van der Waals surface area contributed by atoms with Crippen LogP contribution >= 0.6 is 12.2 Å². The first-order chi connectivity index (χ1) is 8.91. The van der Waals surface area contributed by atoms with Crippen molar-refractivity contribution in [3.63, 3.8) is 0 Å². The second kappa shape index (κ2) is 7.09. The zero-order valence-electron chi connectivity index (χ0n) is 11.7. The van der Waals surface area contributed by atoms with Gasteiger partial charge < -0.3 is 15.5 Å². The zero-order chi connectivity index (χ0) is 14.4. The molecule has 0 bridgehead atoms. The van der Waals surface area contributed by atoms with Crippen LogP contribution in [0, 0.1) is 6.92 Å². The Balaban J connectivity index is 2.57. The largest absolute Gasteiger partial charge is 0.393 e. The second-order valence-corrected chi connectivity index (χ2v) is 5.20. The monoisotopic (exact) mass is 279 g/mol. The SMILES string of the molecule is Cc1ccccc1N(C)CC(=O)N(C)CCC(N)=S. The molecule has 0 unspecified atom stereocenters. The van der Waals surface area contributed by atoms with Gasteiger partial charge in [0.2, 0.25) is 5.91 Å². The number of carbonyl (C=O) groups is 1. The normalized spacial score (nSPS) is 10.1. The predicted octanol–water partition coefficient (Wildman–Crippen LogP) is 1.57. The summed E-state index contributed by atoms with van der Waals surface area (Å²) >= 11 is 4.81. The minimum Gasteiger partial charge on any atom is -0.393 e. The van der Waals surface area contributed by atoms with E-state index in [0.29, 0.717) is 24.5 Å². The number of rotatable bonds is 6. The van der Waals surface area contributed by atoms with Crippen LogP contribution in [-0.4, -0.2) is 43.0 Å². The van der Waals surface area contributed by atoms with Gasteiger partial charge >= 0.3 is 0 Å². The summed E-state index contributed by atoms with van der Waals surface area (Å²) < 4.78 is 0. The summed E-state index contributed by atoms with van der Waals surface area (Å²) in [6, 6.07) is 8.01. The fourth-order valence-electron chi connectivity index (χ4n) is 1.80. The van der Waals surface area contributed by atoms with E-state index in [1.165, 1.54) is 0 Å². The molecule has 104 valence electrons. The number of aryl methyl sites for hydroxylation is 1. The highest BCUT2D eigenvalue weighted by Crippen LogP contribution is 2.17. The molecule has 0 fully saturated rings. The number of hydrogen-bond donors (Lipinski definition) is 1. The molecule has 1 aromatic carbocycles. The lowest BCUT2D eigenvalue weighted by molar-refractivity contribution is -0.128. The van der Waals surface area contributed by atoms with Crippen molar-refractivity contribution < 1.29 is 4.79 Å². The molecule has 0 aliphatic heterocycles. The lowest BCUT2D eigenvalue weighted by Crippen LogP contribution is -2.38. The Kier molecular flexibility index (Phi) is 5.76. The first kappa shape index (κ1) is 15.4. The van der Waals surface area contributed by atoms with Crippen LogP contribution in [0.25, 0.3) is 0 Å². The smallest absolute Gasteiger partial charge is 0.241 e. The molecule has 0 atom stereocenters. The van der Waals surface area contributed by atoms with Gasteiger partial charge in [-0.25, -0.2) is 0 Å². The molecule has 2 N–H and O–H groups in total. The molecular formula is C14H21N3OS. The van der Waals surface area contributed by atoms with Crippen LogP contribution in [0.4, 0.5) is 5.69 Å². The van der Waals surface area contributed by atoms with Crippen LogP contribution in [0.5, 0.6) is 0 Å². The van der Waals surface area contributed by atoms with Gasteiger partial charge in [-0.2, -0.15) is 0 Å². The van der Waals surface area contributed by atoms with Crippen LogP contribution in [0.3, 0.4) is 0 Å². The maximum atomic E-state index is 12.1. The van der Waals surface area contributed by atoms with Crippen molar-refractivity contribution in [2.45, 2.75) is 13.3 Å². The first-order valence-electron chi connectivity index (χ1n) is 6.21. The highest BCUT2D eigenvalue weighted by Gasteiger charge is 2.13. The van der Waals surface area contributed by atoms with Crippen molar-refractivity contribution in [2.75, 3.05) is 32.1 Å². The van der Waals surface area contributed by atoms with Gasteiger partial charge in [-0.1, -0.05) is 30.4 Å². The number of para-hydroxylation sites is 1. The maximum Gasteiger partial charge on any atom is 0.241 e. The number of amides is 1. The Morgan fingerprint density at radius 3 is 2.53 bits per heavy atom. The molecule has 0 spiro atoms. The quantitative estimate of drug-likeness (QED) is 0.803. The van der Waals surface area contributed by atoms with Gasteiger partial charge in [0.15, 0.2) is 0 Å².